The van der Waals surface area contributed by atoms with Crippen molar-refractivity contribution in [3.8, 4) is 11.5 Å². The fraction of sp³-hybridized carbons (Fsp3) is 0.625. The van der Waals surface area contributed by atoms with Gasteiger partial charge in [-0.1, -0.05) is 0 Å². The molecule has 0 amide bonds. The van der Waals surface area contributed by atoms with Crippen molar-refractivity contribution in [1.29, 1.82) is 0 Å². The van der Waals surface area contributed by atoms with E-state index < -0.39 is 10.0 Å². The summed E-state index contributed by atoms with van der Waals surface area (Å²) in [6.07, 6.45) is 1.24. The first-order valence-electron chi connectivity index (χ1n) is 8.01. The lowest BCUT2D eigenvalue weighted by Crippen LogP contribution is -2.41. The fourth-order valence-electron chi connectivity index (χ4n) is 3.16. The van der Waals surface area contributed by atoms with E-state index in [9.17, 15) is 8.42 Å². The van der Waals surface area contributed by atoms with Gasteiger partial charge >= 0.3 is 0 Å². The number of ether oxygens (including phenoxy) is 4. The van der Waals surface area contributed by atoms with Gasteiger partial charge in [0.05, 0.1) is 27.4 Å². The predicted octanol–water partition coefficient (Wildman–Crippen LogP) is 1.48. The topological polar surface area (TPSA) is 74.3 Å². The van der Waals surface area contributed by atoms with Crippen molar-refractivity contribution in [1.82, 2.24) is 4.31 Å². The highest BCUT2D eigenvalue weighted by atomic mass is 32.2. The van der Waals surface area contributed by atoms with Gasteiger partial charge in [-0.05, 0) is 25.0 Å². The smallest absolute Gasteiger partial charge is 0.246 e. The van der Waals surface area contributed by atoms with E-state index >= 15 is 0 Å². The Kier molecular flexibility index (Phi) is 5.29. The van der Waals surface area contributed by atoms with Crippen LogP contribution in [0.1, 0.15) is 12.8 Å². The molecule has 134 valence electrons. The molecule has 1 aromatic rings. The van der Waals surface area contributed by atoms with Crippen LogP contribution in [0.4, 0.5) is 0 Å². The predicted molar refractivity (Wildman–Crippen MR) is 86.7 cm³/mol. The van der Waals surface area contributed by atoms with Gasteiger partial charge in [-0.25, -0.2) is 8.42 Å². The molecule has 0 saturated carbocycles. The summed E-state index contributed by atoms with van der Waals surface area (Å²) >= 11 is 0. The van der Waals surface area contributed by atoms with Crippen molar-refractivity contribution >= 4 is 10.0 Å². The molecule has 0 bridgehead atoms. The highest BCUT2D eigenvalue weighted by Gasteiger charge is 2.36. The van der Waals surface area contributed by atoms with Gasteiger partial charge in [-0.3, -0.25) is 0 Å². The Morgan fingerprint density at radius 2 is 1.75 bits per heavy atom. The maximum atomic E-state index is 13.0. The summed E-state index contributed by atoms with van der Waals surface area (Å²) in [5.74, 6) is 1.04. The number of piperidine rings is 1. The standard InChI is InChI=1S/C16H23NO6S/c1-20-13-3-4-14(21-2)15(11-13)24(18,19)17-7-5-12(6-8-17)16-22-9-10-23-16/h3-4,11-12,16H,5-10H2,1-2H3. The molecule has 0 spiro atoms. The minimum Gasteiger partial charge on any atom is -0.497 e. The van der Waals surface area contributed by atoms with Crippen LogP contribution >= 0.6 is 0 Å². The Balaban J connectivity index is 1.76. The zero-order valence-electron chi connectivity index (χ0n) is 13.9. The normalized spacial score (nSPS) is 21.1. The summed E-state index contributed by atoms with van der Waals surface area (Å²) < 4.78 is 48.9. The number of hydrogen-bond acceptors (Lipinski definition) is 6. The first-order valence-corrected chi connectivity index (χ1v) is 9.45. The molecule has 2 saturated heterocycles. The Hall–Kier alpha value is -1.35. The monoisotopic (exact) mass is 357 g/mol. The second-order valence-electron chi connectivity index (χ2n) is 5.87. The van der Waals surface area contributed by atoms with Crippen LogP contribution in [-0.2, 0) is 19.5 Å². The van der Waals surface area contributed by atoms with Crippen LogP contribution in [0.3, 0.4) is 0 Å². The number of nitrogens with zero attached hydrogens (tertiary/aromatic N) is 1. The number of rotatable bonds is 5. The summed E-state index contributed by atoms with van der Waals surface area (Å²) in [6, 6.07) is 4.79. The van der Waals surface area contributed by atoms with E-state index in [0.29, 0.717) is 37.8 Å². The Labute approximate surface area is 142 Å². The third kappa shape index (κ3) is 3.37. The highest BCUT2D eigenvalue weighted by Crippen LogP contribution is 2.33. The van der Waals surface area contributed by atoms with Crippen molar-refractivity contribution < 1.29 is 27.4 Å². The van der Waals surface area contributed by atoms with E-state index in [1.165, 1.54) is 24.6 Å². The molecule has 2 aliphatic rings. The highest BCUT2D eigenvalue weighted by molar-refractivity contribution is 7.89. The average molecular weight is 357 g/mol. The number of benzene rings is 1. The van der Waals surface area contributed by atoms with Crippen molar-refractivity contribution in [2.45, 2.75) is 24.0 Å². The first-order chi connectivity index (χ1) is 11.6. The van der Waals surface area contributed by atoms with Crippen molar-refractivity contribution in [2.24, 2.45) is 5.92 Å². The molecule has 0 N–H and O–H groups in total. The number of methoxy groups -OCH3 is 2. The molecule has 0 radical (unpaired) electrons. The van der Waals surface area contributed by atoms with Gasteiger partial charge < -0.3 is 18.9 Å². The Morgan fingerprint density at radius 3 is 2.33 bits per heavy atom. The summed E-state index contributed by atoms with van der Waals surface area (Å²) in [7, 11) is -0.672. The van der Waals surface area contributed by atoms with Crippen LogP contribution in [0.5, 0.6) is 11.5 Å². The number of hydrogen-bond donors (Lipinski definition) is 0. The van der Waals surface area contributed by atoms with Crippen molar-refractivity contribution in [2.75, 3.05) is 40.5 Å². The summed E-state index contributed by atoms with van der Waals surface area (Å²) in [6.45, 7) is 2.11. The van der Waals surface area contributed by atoms with Gasteiger partial charge in [0.2, 0.25) is 10.0 Å². The summed E-state index contributed by atoms with van der Waals surface area (Å²) in [5, 5.41) is 0. The molecule has 24 heavy (non-hydrogen) atoms. The number of sulfonamides is 1. The molecule has 3 rings (SSSR count). The zero-order valence-corrected chi connectivity index (χ0v) is 14.8. The molecule has 0 aliphatic carbocycles. The zero-order chi connectivity index (χ0) is 17.2. The van der Waals surface area contributed by atoms with E-state index in [0.717, 1.165) is 12.8 Å². The molecule has 0 atom stereocenters. The molecule has 2 fully saturated rings. The first kappa shape index (κ1) is 17.5. The molecule has 2 heterocycles. The summed E-state index contributed by atoms with van der Waals surface area (Å²) in [4.78, 5) is 0.135. The van der Waals surface area contributed by atoms with E-state index in [4.69, 9.17) is 18.9 Å². The second kappa shape index (κ2) is 7.26. The van der Waals surface area contributed by atoms with Gasteiger partial charge in [0.1, 0.15) is 16.4 Å². The molecule has 2 aliphatic heterocycles. The van der Waals surface area contributed by atoms with Gasteiger partial charge in [0.25, 0.3) is 0 Å². The van der Waals surface area contributed by atoms with Crippen LogP contribution in [0.2, 0.25) is 0 Å². The van der Waals surface area contributed by atoms with Crippen LogP contribution in [0, 0.1) is 5.92 Å². The second-order valence-corrected chi connectivity index (χ2v) is 7.77. The maximum Gasteiger partial charge on any atom is 0.246 e. The van der Waals surface area contributed by atoms with Gasteiger partial charge in [-0.2, -0.15) is 4.31 Å². The van der Waals surface area contributed by atoms with E-state index in [-0.39, 0.29) is 17.1 Å². The lowest BCUT2D eigenvalue weighted by Gasteiger charge is -2.33. The van der Waals surface area contributed by atoms with Crippen LogP contribution in [0.15, 0.2) is 23.1 Å². The van der Waals surface area contributed by atoms with Crippen LogP contribution < -0.4 is 9.47 Å². The minimum atomic E-state index is -3.64. The minimum absolute atomic E-state index is 0.135. The third-order valence-electron chi connectivity index (χ3n) is 4.52. The Morgan fingerprint density at radius 1 is 1.08 bits per heavy atom. The molecule has 0 unspecified atom stereocenters. The van der Waals surface area contributed by atoms with Gasteiger partial charge in [0, 0.05) is 25.1 Å². The van der Waals surface area contributed by atoms with Crippen molar-refractivity contribution in [3.63, 3.8) is 0 Å². The average Bonchev–Trinajstić information content (AvgIpc) is 3.16. The maximum absolute atomic E-state index is 13.0. The van der Waals surface area contributed by atoms with E-state index in [2.05, 4.69) is 0 Å². The Bertz CT molecular complexity index is 663. The lowest BCUT2D eigenvalue weighted by molar-refractivity contribution is -0.0938. The molecular formula is C16H23NO6S. The van der Waals surface area contributed by atoms with Gasteiger partial charge in [0.15, 0.2) is 6.29 Å². The van der Waals surface area contributed by atoms with Gasteiger partial charge in [-0.15, -0.1) is 0 Å². The molecule has 1 aromatic carbocycles. The summed E-state index contributed by atoms with van der Waals surface area (Å²) in [5.41, 5.74) is 0. The third-order valence-corrected chi connectivity index (χ3v) is 6.44. The lowest BCUT2D eigenvalue weighted by atomic mass is 9.98. The molecule has 0 aromatic heterocycles. The molecule has 7 nitrogen and oxygen atoms in total. The quantitative estimate of drug-likeness (QED) is 0.795. The fourth-order valence-corrected chi connectivity index (χ4v) is 4.80. The van der Waals surface area contributed by atoms with E-state index in [1.807, 2.05) is 0 Å². The van der Waals surface area contributed by atoms with Crippen molar-refractivity contribution in [3.05, 3.63) is 18.2 Å². The molecular weight excluding hydrogens is 334 g/mol. The largest absolute Gasteiger partial charge is 0.497 e. The van der Waals surface area contributed by atoms with Crippen LogP contribution in [0.25, 0.3) is 0 Å². The van der Waals surface area contributed by atoms with E-state index in [1.54, 1.807) is 12.1 Å². The molecule has 8 heteroatoms. The van der Waals surface area contributed by atoms with Crippen LogP contribution in [-0.4, -0.2) is 59.5 Å². The SMILES string of the molecule is COc1ccc(OC)c(S(=O)(=O)N2CCC(C3OCCO3)CC2)c1.